The van der Waals surface area contributed by atoms with Gasteiger partial charge < -0.3 is 20.6 Å². The summed E-state index contributed by atoms with van der Waals surface area (Å²) in [6.45, 7) is 2.24. The lowest BCUT2D eigenvalue weighted by Crippen LogP contribution is -2.43. The predicted octanol–water partition coefficient (Wildman–Crippen LogP) is 5.23. The minimum absolute atomic E-state index is 0. The van der Waals surface area contributed by atoms with Crippen molar-refractivity contribution in [1.29, 1.82) is 0 Å². The molecule has 0 bridgehead atoms. The molecular formula is C27H60N2O3S5. The van der Waals surface area contributed by atoms with E-state index >= 15 is 0 Å². The number of aliphatic hydroxyl groups excluding tert-OH is 3. The third-order valence-corrected chi connectivity index (χ3v) is 7.21. The average molecular weight is 621 g/mol. The second-order valence-corrected chi connectivity index (χ2v) is 9.33. The van der Waals surface area contributed by atoms with Gasteiger partial charge in [-0.1, -0.05) is 81.7 Å². The van der Waals surface area contributed by atoms with Gasteiger partial charge in [0, 0.05) is 25.2 Å². The maximum absolute atomic E-state index is 10.4. The molecule has 1 aromatic carbocycles. The van der Waals surface area contributed by atoms with Crippen molar-refractivity contribution in [3.8, 4) is 0 Å². The van der Waals surface area contributed by atoms with Gasteiger partial charge in [-0.05, 0) is 52.3 Å². The monoisotopic (exact) mass is 620 g/mol. The van der Waals surface area contributed by atoms with Gasteiger partial charge in [-0.15, -0.1) is 0 Å². The van der Waals surface area contributed by atoms with Gasteiger partial charge >= 0.3 is 0 Å². The van der Waals surface area contributed by atoms with E-state index < -0.39 is 0 Å². The van der Waals surface area contributed by atoms with E-state index in [0.29, 0.717) is 18.1 Å². The fraction of sp³-hybridized carbons (Fsp3) is 0.778. The zero-order valence-corrected chi connectivity index (χ0v) is 28.5. The van der Waals surface area contributed by atoms with Crippen LogP contribution in [0.3, 0.4) is 0 Å². The summed E-state index contributed by atoms with van der Waals surface area (Å²) in [6, 6.07) is 11.6. The summed E-state index contributed by atoms with van der Waals surface area (Å²) in [4.78, 5) is 2.37. The molecule has 0 unspecified atom stereocenters. The number of nitrogens with one attached hydrogen (secondary N) is 1. The quantitative estimate of drug-likeness (QED) is 0.371. The van der Waals surface area contributed by atoms with Crippen LogP contribution in [0.4, 0.5) is 0 Å². The standard InChI is InChI=1S/C17H27NO.C9H19NO.CH4O.5H2S/c1-14(15-10-6-5-7-11-15)18(2)16-12-8-3-4-9-13-17(16)19;1-10-8-6-4-2-3-5-7-9(8)11;1-2;;;;;/h5-7,10-11,14,16-17,19H,3-4,8-9,12-13H2,1-2H3;8-11H,2-7H2,1H3;2H,1H3;5*1H2/t14-,16-,17-;8-,9-;;;;;;/m00....../s1. The molecule has 0 heterocycles. The van der Waals surface area contributed by atoms with E-state index in [-0.39, 0.29) is 79.7 Å². The molecule has 2 aliphatic carbocycles. The number of likely N-dealkylation sites (N-methyl/N-ethyl adjacent to an activating group) is 2. The number of nitrogens with zero attached hydrogens (tertiary/aromatic N) is 1. The van der Waals surface area contributed by atoms with Gasteiger partial charge in [0.2, 0.25) is 0 Å². The van der Waals surface area contributed by atoms with E-state index in [2.05, 4.69) is 54.5 Å². The van der Waals surface area contributed by atoms with Crippen LogP contribution in [0, 0.1) is 0 Å². The van der Waals surface area contributed by atoms with E-state index in [1.165, 1.54) is 56.9 Å². The average Bonchev–Trinajstić information content (AvgIpc) is 2.81. The van der Waals surface area contributed by atoms with Crippen molar-refractivity contribution in [3.05, 3.63) is 35.9 Å². The Morgan fingerprint density at radius 1 is 0.703 bits per heavy atom. The molecule has 1 aromatic rings. The van der Waals surface area contributed by atoms with Crippen LogP contribution in [-0.4, -0.2) is 65.7 Å². The van der Waals surface area contributed by atoms with E-state index in [1.807, 2.05) is 7.05 Å². The first kappa shape index (κ1) is 47.6. The summed E-state index contributed by atoms with van der Waals surface area (Å²) in [5.74, 6) is 0. The molecule has 2 saturated carbocycles. The smallest absolute Gasteiger partial charge is 0.0695 e. The van der Waals surface area contributed by atoms with Gasteiger partial charge in [-0.3, -0.25) is 4.90 Å². The number of rotatable bonds is 4. The Bertz CT molecular complexity index is 578. The maximum Gasteiger partial charge on any atom is 0.0695 e. The minimum Gasteiger partial charge on any atom is -0.400 e. The molecule has 0 spiro atoms. The van der Waals surface area contributed by atoms with Crippen molar-refractivity contribution in [2.24, 2.45) is 0 Å². The van der Waals surface area contributed by atoms with Crippen LogP contribution in [0.2, 0.25) is 0 Å². The summed E-state index contributed by atoms with van der Waals surface area (Å²) in [6.07, 6.45) is 14.0. The summed E-state index contributed by atoms with van der Waals surface area (Å²) in [5.41, 5.74) is 1.33. The van der Waals surface area contributed by atoms with Crippen LogP contribution in [-0.2, 0) is 0 Å². The van der Waals surface area contributed by atoms with Gasteiger partial charge in [0.1, 0.15) is 0 Å². The predicted molar refractivity (Wildman–Crippen MR) is 187 cm³/mol. The molecule has 226 valence electrons. The molecule has 2 fully saturated rings. The highest BCUT2D eigenvalue weighted by Crippen LogP contribution is 2.27. The van der Waals surface area contributed by atoms with Crippen LogP contribution in [0.1, 0.15) is 95.6 Å². The lowest BCUT2D eigenvalue weighted by atomic mass is 9.92. The highest BCUT2D eigenvalue weighted by atomic mass is 32.1. The van der Waals surface area contributed by atoms with Gasteiger partial charge in [0.25, 0.3) is 0 Å². The first-order valence-corrected chi connectivity index (χ1v) is 12.8. The normalized spacial score (nSPS) is 24.1. The number of aliphatic hydroxyl groups is 3. The Kier molecular flexibility index (Phi) is 38.2. The molecule has 0 radical (unpaired) electrons. The fourth-order valence-corrected chi connectivity index (χ4v) is 4.98. The summed E-state index contributed by atoms with van der Waals surface area (Å²) in [7, 11) is 5.10. The van der Waals surface area contributed by atoms with Gasteiger partial charge in [-0.2, -0.15) is 67.5 Å². The molecule has 4 N–H and O–H groups in total. The topological polar surface area (TPSA) is 76.0 Å². The van der Waals surface area contributed by atoms with E-state index in [9.17, 15) is 10.2 Å². The Labute approximate surface area is 263 Å². The first-order valence-electron chi connectivity index (χ1n) is 12.8. The molecule has 0 aliphatic heterocycles. The van der Waals surface area contributed by atoms with E-state index in [4.69, 9.17) is 5.11 Å². The maximum atomic E-state index is 10.4. The van der Waals surface area contributed by atoms with Crippen LogP contribution < -0.4 is 5.32 Å². The molecule has 0 saturated heterocycles. The van der Waals surface area contributed by atoms with Crippen LogP contribution >= 0.6 is 67.5 Å². The molecule has 2 aliphatic rings. The molecule has 3 rings (SSSR count). The molecule has 10 heteroatoms. The van der Waals surface area contributed by atoms with Crippen molar-refractivity contribution < 1.29 is 15.3 Å². The largest absolute Gasteiger partial charge is 0.400 e. The van der Waals surface area contributed by atoms with Gasteiger partial charge in [0.05, 0.1) is 12.2 Å². The molecule has 5 nitrogen and oxygen atoms in total. The second kappa shape index (κ2) is 29.7. The zero-order chi connectivity index (χ0) is 23.8. The van der Waals surface area contributed by atoms with Gasteiger partial charge in [0.15, 0.2) is 0 Å². The van der Waals surface area contributed by atoms with E-state index in [1.54, 1.807) is 0 Å². The summed E-state index contributed by atoms with van der Waals surface area (Å²) in [5, 5.41) is 30.2. The summed E-state index contributed by atoms with van der Waals surface area (Å²) >= 11 is 0. The van der Waals surface area contributed by atoms with Crippen molar-refractivity contribution in [1.82, 2.24) is 10.2 Å². The van der Waals surface area contributed by atoms with Crippen molar-refractivity contribution in [2.45, 2.75) is 114 Å². The zero-order valence-electron chi connectivity index (χ0n) is 23.5. The number of hydrogen-bond acceptors (Lipinski definition) is 5. The van der Waals surface area contributed by atoms with E-state index in [0.717, 1.165) is 32.8 Å². The fourth-order valence-electron chi connectivity index (χ4n) is 4.98. The second-order valence-electron chi connectivity index (χ2n) is 9.33. The lowest BCUT2D eigenvalue weighted by Gasteiger charge is -2.37. The van der Waals surface area contributed by atoms with Crippen LogP contribution in [0.25, 0.3) is 0 Å². The molecule has 37 heavy (non-hydrogen) atoms. The molecule has 5 atom stereocenters. The van der Waals surface area contributed by atoms with Gasteiger partial charge in [-0.25, -0.2) is 0 Å². The Hall–Kier alpha value is 0.770. The third kappa shape index (κ3) is 18.7. The van der Waals surface area contributed by atoms with Crippen molar-refractivity contribution in [3.63, 3.8) is 0 Å². The lowest BCUT2D eigenvalue weighted by molar-refractivity contribution is 0.0267. The highest BCUT2D eigenvalue weighted by molar-refractivity contribution is 7.60. The van der Waals surface area contributed by atoms with Crippen molar-refractivity contribution >= 4 is 67.5 Å². The summed E-state index contributed by atoms with van der Waals surface area (Å²) < 4.78 is 0. The highest BCUT2D eigenvalue weighted by Gasteiger charge is 2.27. The Morgan fingerprint density at radius 2 is 1.14 bits per heavy atom. The van der Waals surface area contributed by atoms with Crippen molar-refractivity contribution in [2.75, 3.05) is 21.2 Å². The SMILES string of the molecule is CN[C@H]1CCCCCC[C@@H]1O.CO.C[C@@H](c1ccccc1)N(C)[C@H]1CCCCCC[C@@H]1O.S.S.S.S.S. The Morgan fingerprint density at radius 3 is 1.62 bits per heavy atom. The molecule has 0 amide bonds. The first-order chi connectivity index (χ1) is 15.5. The number of benzene rings is 1. The third-order valence-electron chi connectivity index (χ3n) is 7.21. The number of hydrogen-bond donors (Lipinski definition) is 4. The minimum atomic E-state index is -0.170. The molecular weight excluding hydrogens is 561 g/mol. The van der Waals surface area contributed by atoms with Crippen LogP contribution in [0.15, 0.2) is 30.3 Å². The molecule has 0 aromatic heterocycles. The van der Waals surface area contributed by atoms with Crippen LogP contribution in [0.5, 0.6) is 0 Å². The Balaban J connectivity index is -0.000000167.